The van der Waals surface area contributed by atoms with Crippen LogP contribution in [-0.4, -0.2) is 68.1 Å². The predicted octanol–water partition coefficient (Wildman–Crippen LogP) is 4.20. The number of para-hydroxylation sites is 1. The topological polar surface area (TPSA) is 67.1 Å². The number of nitrogens with zero attached hydrogens (tertiary/aromatic N) is 4. The molecular formula is C27H34N4O3S2. The maximum atomic E-state index is 13.5. The van der Waals surface area contributed by atoms with E-state index in [-0.39, 0.29) is 0 Å². The van der Waals surface area contributed by atoms with Gasteiger partial charge < -0.3 is 9.30 Å². The lowest BCUT2D eigenvalue weighted by Crippen LogP contribution is -2.39. The van der Waals surface area contributed by atoms with E-state index in [0.717, 1.165) is 74.0 Å². The lowest BCUT2D eigenvalue weighted by atomic mass is 10.0. The van der Waals surface area contributed by atoms with Crippen molar-refractivity contribution in [2.45, 2.75) is 31.2 Å². The number of hydrogen-bond donors (Lipinski definition) is 0. The number of sulfonamides is 1. The van der Waals surface area contributed by atoms with Gasteiger partial charge in [-0.2, -0.15) is 4.31 Å². The summed E-state index contributed by atoms with van der Waals surface area (Å²) in [6.07, 6.45) is 1.99. The molecule has 0 saturated carbocycles. The third-order valence-electron chi connectivity index (χ3n) is 6.91. The van der Waals surface area contributed by atoms with Crippen molar-refractivity contribution in [3.05, 3.63) is 64.8 Å². The molecule has 2 aromatic carbocycles. The highest BCUT2D eigenvalue weighted by atomic mass is 32.2. The van der Waals surface area contributed by atoms with Crippen molar-refractivity contribution in [2.75, 3.05) is 45.9 Å². The molecule has 0 radical (unpaired) electrons. The summed E-state index contributed by atoms with van der Waals surface area (Å²) >= 11 is 1.59. The summed E-state index contributed by atoms with van der Waals surface area (Å²) in [6.45, 7) is 8.33. The number of aromatic nitrogens is 1. The largest absolute Gasteiger partial charge is 0.379 e. The fourth-order valence-corrected chi connectivity index (χ4v) is 7.47. The van der Waals surface area contributed by atoms with Gasteiger partial charge in [0.05, 0.1) is 29.5 Å². The third kappa shape index (κ3) is 5.81. The van der Waals surface area contributed by atoms with E-state index in [1.54, 1.807) is 21.7 Å². The van der Waals surface area contributed by atoms with Crippen LogP contribution in [-0.2, 0) is 21.3 Å². The van der Waals surface area contributed by atoms with Crippen LogP contribution >= 0.6 is 11.3 Å². The van der Waals surface area contributed by atoms with E-state index in [1.165, 1.54) is 0 Å². The van der Waals surface area contributed by atoms with Crippen molar-refractivity contribution in [3.8, 4) is 11.3 Å². The first kappa shape index (κ1) is 25.4. The van der Waals surface area contributed by atoms with Gasteiger partial charge in [-0.15, -0.1) is 11.3 Å². The van der Waals surface area contributed by atoms with Crippen LogP contribution in [0.5, 0.6) is 0 Å². The number of morpholine rings is 1. The lowest BCUT2D eigenvalue weighted by Gasteiger charge is -2.30. The Labute approximate surface area is 217 Å². The summed E-state index contributed by atoms with van der Waals surface area (Å²) in [7, 11) is -3.53. The zero-order valence-electron chi connectivity index (χ0n) is 20.8. The molecule has 1 atom stereocenters. The van der Waals surface area contributed by atoms with Crippen LogP contribution in [0.15, 0.2) is 69.9 Å². The SMILES string of the molecule is C[C@H]1CCCN(S(=O)(=O)c2cccc(-c3csc(=Nc4ccccc4)n3CCN3CCOCC3)c2)C1. The molecule has 0 spiro atoms. The lowest BCUT2D eigenvalue weighted by molar-refractivity contribution is 0.0363. The minimum atomic E-state index is -3.53. The smallest absolute Gasteiger partial charge is 0.243 e. The van der Waals surface area contributed by atoms with Crippen LogP contribution < -0.4 is 4.80 Å². The number of thiazole rings is 1. The van der Waals surface area contributed by atoms with Crippen molar-refractivity contribution in [1.82, 2.24) is 13.8 Å². The van der Waals surface area contributed by atoms with E-state index in [0.29, 0.717) is 23.9 Å². The van der Waals surface area contributed by atoms with Gasteiger partial charge in [0.15, 0.2) is 4.80 Å². The Hall–Kier alpha value is -2.30. The Balaban J connectivity index is 1.50. The van der Waals surface area contributed by atoms with Gasteiger partial charge in [0.25, 0.3) is 0 Å². The summed E-state index contributed by atoms with van der Waals surface area (Å²) in [5, 5.41) is 2.09. The molecule has 0 unspecified atom stereocenters. The van der Waals surface area contributed by atoms with Gasteiger partial charge >= 0.3 is 0 Å². The molecule has 192 valence electrons. The number of hydrogen-bond acceptors (Lipinski definition) is 6. The van der Waals surface area contributed by atoms with Crippen LogP contribution in [0.4, 0.5) is 5.69 Å². The van der Waals surface area contributed by atoms with Crippen LogP contribution in [0.1, 0.15) is 19.8 Å². The molecule has 5 rings (SSSR count). The maximum absolute atomic E-state index is 13.5. The van der Waals surface area contributed by atoms with Gasteiger partial charge in [0.2, 0.25) is 10.0 Å². The molecule has 0 aliphatic carbocycles. The Kier molecular flexibility index (Phi) is 8.03. The van der Waals surface area contributed by atoms with E-state index in [4.69, 9.17) is 9.73 Å². The standard InChI is InChI=1S/C27H34N4O3S2/c1-22-7-6-12-30(20-22)36(32,33)25-11-5-8-23(19-25)26-21-35-27(28-24-9-3-2-4-10-24)31(26)14-13-29-15-17-34-18-16-29/h2-5,8-11,19,21-22H,6-7,12-18,20H2,1H3/t22-/m0/s1. The van der Waals surface area contributed by atoms with Crippen molar-refractivity contribution in [1.29, 1.82) is 0 Å². The average molecular weight is 527 g/mol. The van der Waals surface area contributed by atoms with Crippen LogP contribution in [0.3, 0.4) is 0 Å². The van der Waals surface area contributed by atoms with Gasteiger partial charge in [0, 0.05) is 50.2 Å². The summed E-state index contributed by atoms with van der Waals surface area (Å²) in [4.78, 5) is 8.59. The second-order valence-corrected chi connectivity index (χ2v) is 12.4. The van der Waals surface area contributed by atoms with Gasteiger partial charge in [-0.1, -0.05) is 37.3 Å². The van der Waals surface area contributed by atoms with E-state index in [9.17, 15) is 8.42 Å². The highest BCUT2D eigenvalue weighted by Crippen LogP contribution is 2.28. The van der Waals surface area contributed by atoms with Crippen LogP contribution in [0, 0.1) is 5.92 Å². The number of rotatable bonds is 7. The molecule has 36 heavy (non-hydrogen) atoms. The Morgan fingerprint density at radius 3 is 2.61 bits per heavy atom. The average Bonchev–Trinajstić information content (AvgIpc) is 3.31. The highest BCUT2D eigenvalue weighted by molar-refractivity contribution is 7.89. The molecule has 9 heteroatoms. The normalized spacial score (nSPS) is 20.6. The fourth-order valence-electron chi connectivity index (χ4n) is 4.87. The predicted molar refractivity (Wildman–Crippen MR) is 144 cm³/mol. The summed E-state index contributed by atoms with van der Waals surface area (Å²) in [5.41, 5.74) is 2.79. The number of ether oxygens (including phenoxy) is 1. The molecule has 2 fully saturated rings. The second kappa shape index (κ2) is 11.4. The van der Waals surface area contributed by atoms with E-state index >= 15 is 0 Å². The molecule has 2 aliphatic heterocycles. The van der Waals surface area contributed by atoms with E-state index in [2.05, 4.69) is 21.8 Å². The molecule has 3 heterocycles. The van der Waals surface area contributed by atoms with Crippen molar-refractivity contribution in [2.24, 2.45) is 10.9 Å². The first-order valence-corrected chi connectivity index (χ1v) is 15.0. The van der Waals surface area contributed by atoms with Crippen LogP contribution in [0.25, 0.3) is 11.3 Å². The summed E-state index contributed by atoms with van der Waals surface area (Å²) in [5.74, 6) is 0.387. The highest BCUT2D eigenvalue weighted by Gasteiger charge is 2.29. The van der Waals surface area contributed by atoms with Gasteiger partial charge in [0.1, 0.15) is 0 Å². The van der Waals surface area contributed by atoms with E-state index in [1.807, 2.05) is 48.5 Å². The van der Waals surface area contributed by atoms with Gasteiger partial charge in [-0.05, 0) is 43.0 Å². The first-order valence-electron chi connectivity index (χ1n) is 12.7. The molecule has 1 aromatic heterocycles. The quantitative estimate of drug-likeness (QED) is 0.463. The number of benzene rings is 2. The molecule has 0 amide bonds. The minimum Gasteiger partial charge on any atom is -0.379 e. The molecule has 7 nitrogen and oxygen atoms in total. The number of piperidine rings is 1. The Morgan fingerprint density at radius 1 is 1.03 bits per heavy atom. The molecule has 0 bridgehead atoms. The summed E-state index contributed by atoms with van der Waals surface area (Å²) in [6, 6.07) is 17.4. The molecular weight excluding hydrogens is 492 g/mol. The van der Waals surface area contributed by atoms with Crippen molar-refractivity contribution in [3.63, 3.8) is 0 Å². The second-order valence-electron chi connectivity index (χ2n) is 9.59. The monoisotopic (exact) mass is 526 g/mol. The Morgan fingerprint density at radius 2 is 1.83 bits per heavy atom. The first-order chi connectivity index (χ1) is 17.5. The van der Waals surface area contributed by atoms with Gasteiger partial charge in [-0.3, -0.25) is 4.90 Å². The third-order valence-corrected chi connectivity index (χ3v) is 9.63. The molecule has 0 N–H and O–H groups in total. The van der Waals surface area contributed by atoms with Crippen LogP contribution in [0.2, 0.25) is 0 Å². The van der Waals surface area contributed by atoms with E-state index < -0.39 is 10.0 Å². The Bertz CT molecular complexity index is 1330. The van der Waals surface area contributed by atoms with Crippen molar-refractivity contribution < 1.29 is 13.2 Å². The van der Waals surface area contributed by atoms with Crippen molar-refractivity contribution >= 4 is 27.0 Å². The fraction of sp³-hybridized carbons (Fsp3) is 0.444. The maximum Gasteiger partial charge on any atom is 0.243 e. The zero-order chi connectivity index (χ0) is 25.0. The minimum absolute atomic E-state index is 0.363. The van der Waals surface area contributed by atoms with Gasteiger partial charge in [-0.25, -0.2) is 13.4 Å². The zero-order valence-corrected chi connectivity index (χ0v) is 22.4. The molecule has 3 aromatic rings. The molecule has 2 saturated heterocycles. The summed E-state index contributed by atoms with van der Waals surface area (Å²) < 4.78 is 36.3. The molecule has 2 aliphatic rings.